The normalized spacial score (nSPS) is 13.8. The number of nitrogens with zero attached hydrogens (tertiary/aromatic N) is 1. The van der Waals surface area contributed by atoms with Crippen LogP contribution in [-0.4, -0.2) is 74.9 Å². The molecule has 10 heteroatoms. The van der Waals surface area contributed by atoms with Gasteiger partial charge in [-0.25, -0.2) is 4.57 Å². The molecule has 0 rings (SSSR count). The molecule has 0 amide bonds. The maximum absolute atomic E-state index is 12.9. The lowest BCUT2D eigenvalue weighted by molar-refractivity contribution is -0.870. The summed E-state index contributed by atoms with van der Waals surface area (Å²) in [7, 11) is 1.48. The molecule has 2 atom stereocenters. The summed E-state index contributed by atoms with van der Waals surface area (Å²) in [4.78, 5) is 35.9. The number of carbonyl (C=O) groups is 2. The molecule has 0 bridgehead atoms. The van der Waals surface area contributed by atoms with E-state index in [2.05, 4.69) is 123 Å². The number of allylic oxidation sites excluding steroid dienone is 18. The van der Waals surface area contributed by atoms with Crippen LogP contribution in [0, 0.1) is 0 Å². The number of carbonyl (C=O) groups excluding carboxylic acids is 2. The van der Waals surface area contributed by atoms with E-state index in [4.69, 9.17) is 18.5 Å². The van der Waals surface area contributed by atoms with E-state index in [1.807, 2.05) is 21.1 Å². The molecule has 2 unspecified atom stereocenters. The Morgan fingerprint density at radius 3 is 0.966 bits per heavy atom. The number of phosphoric acid groups is 1. The summed E-state index contributed by atoms with van der Waals surface area (Å²) < 4.78 is 34.8. The molecule has 0 saturated carbocycles. The Kier molecular flexibility index (Phi) is 65.5. The zero-order valence-electron chi connectivity index (χ0n) is 57.9. The number of esters is 2. The van der Waals surface area contributed by atoms with Gasteiger partial charge in [0.1, 0.15) is 19.8 Å². The van der Waals surface area contributed by atoms with Crippen LogP contribution in [0.25, 0.3) is 0 Å². The van der Waals surface area contributed by atoms with Gasteiger partial charge in [0.2, 0.25) is 0 Å². The SMILES string of the molecule is CC/C=C\C/C=C\C/C=C\C/C=C\C/C=C\C/C=C\CCCCCCCCCCCCCCCCCCCCCCC(=O)OC(COC(=O)CCCCCCCCCCCC/C=C\C/C=C\C/C=C\CCCCCCC)COP(=O)(O)OCC[N+](C)(C)C. The first kappa shape index (κ1) is 84.7. The molecule has 9 nitrogen and oxygen atoms in total. The molecule has 0 aromatic heterocycles. The third-order valence-electron chi connectivity index (χ3n) is 15.8. The number of ether oxygens (including phenoxy) is 2. The van der Waals surface area contributed by atoms with Crippen LogP contribution in [-0.2, 0) is 32.7 Å². The summed E-state index contributed by atoms with van der Waals surface area (Å²) in [5.41, 5.74) is 0. The summed E-state index contributed by atoms with van der Waals surface area (Å²) in [5.74, 6) is -0.793. The van der Waals surface area contributed by atoms with Gasteiger partial charge < -0.3 is 18.9 Å². The fraction of sp³-hybridized carbons (Fsp3) is 0.744. The first-order chi connectivity index (χ1) is 43.0. The van der Waals surface area contributed by atoms with Crippen molar-refractivity contribution in [2.24, 2.45) is 0 Å². The Morgan fingerprint density at radius 2 is 0.648 bits per heavy atom. The number of quaternary nitrogens is 1. The summed E-state index contributed by atoms with van der Waals surface area (Å²) in [6.45, 7) is 4.33. The van der Waals surface area contributed by atoms with Gasteiger partial charge in [0, 0.05) is 12.8 Å². The molecule has 0 fully saturated rings. The quantitative estimate of drug-likeness (QED) is 0.0211. The van der Waals surface area contributed by atoms with Crippen molar-refractivity contribution in [2.45, 2.75) is 328 Å². The van der Waals surface area contributed by atoms with Gasteiger partial charge in [0.25, 0.3) is 0 Å². The Bertz CT molecular complexity index is 1850. The van der Waals surface area contributed by atoms with Crippen LogP contribution in [0.1, 0.15) is 322 Å². The second kappa shape index (κ2) is 68.0. The zero-order chi connectivity index (χ0) is 64.1. The highest BCUT2D eigenvalue weighted by Gasteiger charge is 2.27. The highest BCUT2D eigenvalue weighted by molar-refractivity contribution is 7.47. The smallest absolute Gasteiger partial charge is 0.462 e. The van der Waals surface area contributed by atoms with E-state index in [1.165, 1.54) is 205 Å². The van der Waals surface area contributed by atoms with Crippen molar-refractivity contribution in [3.05, 3.63) is 109 Å². The lowest BCUT2D eigenvalue weighted by atomic mass is 10.0. The second-order valence-corrected chi connectivity index (χ2v) is 27.0. The summed E-state index contributed by atoms with van der Waals surface area (Å²) >= 11 is 0. The van der Waals surface area contributed by atoms with Crippen LogP contribution in [0.3, 0.4) is 0 Å². The first-order valence-corrected chi connectivity index (χ1v) is 38.1. The van der Waals surface area contributed by atoms with Crippen molar-refractivity contribution in [3.63, 3.8) is 0 Å². The molecule has 0 aromatic carbocycles. The molecular weight excluding hydrogens is 1110 g/mol. The maximum Gasteiger partial charge on any atom is 0.472 e. The number of hydrogen-bond acceptors (Lipinski definition) is 7. The minimum Gasteiger partial charge on any atom is -0.462 e. The van der Waals surface area contributed by atoms with E-state index in [-0.39, 0.29) is 32.0 Å². The summed E-state index contributed by atoms with van der Waals surface area (Å²) in [5, 5.41) is 0. The van der Waals surface area contributed by atoms with E-state index < -0.39 is 26.5 Å². The average Bonchev–Trinajstić information content (AvgIpc) is 3.68. The lowest BCUT2D eigenvalue weighted by Crippen LogP contribution is -2.37. The number of phosphoric ester groups is 1. The molecule has 0 heterocycles. The van der Waals surface area contributed by atoms with Crippen LogP contribution in [0.15, 0.2) is 109 Å². The van der Waals surface area contributed by atoms with Crippen molar-refractivity contribution in [1.29, 1.82) is 0 Å². The first-order valence-electron chi connectivity index (χ1n) is 36.6. The number of unbranched alkanes of at least 4 members (excludes halogenated alkanes) is 35. The highest BCUT2D eigenvalue weighted by atomic mass is 31.2. The molecule has 0 saturated heterocycles. The van der Waals surface area contributed by atoms with Gasteiger partial charge in [-0.05, 0) is 103 Å². The highest BCUT2D eigenvalue weighted by Crippen LogP contribution is 2.43. The fourth-order valence-corrected chi connectivity index (χ4v) is 10.9. The molecule has 0 aliphatic carbocycles. The molecule has 0 spiro atoms. The predicted octanol–water partition coefficient (Wildman–Crippen LogP) is 24.1. The van der Waals surface area contributed by atoms with Gasteiger partial charge in [-0.15, -0.1) is 0 Å². The molecule has 0 aromatic rings. The van der Waals surface area contributed by atoms with Crippen LogP contribution in [0.5, 0.6) is 0 Å². The predicted molar refractivity (Wildman–Crippen MR) is 381 cm³/mol. The van der Waals surface area contributed by atoms with Crippen molar-refractivity contribution < 1.29 is 42.1 Å². The Balaban J connectivity index is 3.99. The van der Waals surface area contributed by atoms with E-state index in [1.54, 1.807) is 0 Å². The molecule has 0 aliphatic rings. The van der Waals surface area contributed by atoms with Gasteiger partial charge in [-0.2, -0.15) is 0 Å². The van der Waals surface area contributed by atoms with Gasteiger partial charge in [-0.1, -0.05) is 316 Å². The van der Waals surface area contributed by atoms with Crippen molar-refractivity contribution in [3.8, 4) is 0 Å². The van der Waals surface area contributed by atoms with Crippen molar-refractivity contribution >= 4 is 19.8 Å². The summed E-state index contributed by atoms with van der Waals surface area (Å²) in [6, 6.07) is 0. The third kappa shape index (κ3) is 71.7. The van der Waals surface area contributed by atoms with E-state index >= 15 is 0 Å². The fourth-order valence-electron chi connectivity index (χ4n) is 10.2. The van der Waals surface area contributed by atoms with E-state index in [0.29, 0.717) is 17.4 Å². The van der Waals surface area contributed by atoms with Gasteiger partial charge >= 0.3 is 19.8 Å². The topological polar surface area (TPSA) is 108 Å². The van der Waals surface area contributed by atoms with Crippen molar-refractivity contribution in [2.75, 3.05) is 47.5 Å². The molecule has 0 aliphatic heterocycles. The Morgan fingerprint density at radius 1 is 0.364 bits per heavy atom. The minimum atomic E-state index is -4.40. The second-order valence-electron chi connectivity index (χ2n) is 25.6. The van der Waals surface area contributed by atoms with Gasteiger partial charge in [-0.3, -0.25) is 18.6 Å². The zero-order valence-corrected chi connectivity index (χ0v) is 58.8. The van der Waals surface area contributed by atoms with Crippen molar-refractivity contribution in [1.82, 2.24) is 0 Å². The third-order valence-corrected chi connectivity index (χ3v) is 16.8. The molecule has 508 valence electrons. The molecule has 1 N–H and O–H groups in total. The van der Waals surface area contributed by atoms with E-state index in [9.17, 15) is 19.0 Å². The van der Waals surface area contributed by atoms with Gasteiger partial charge in [0.05, 0.1) is 27.7 Å². The Hall–Kier alpha value is -3.33. The molecule has 0 radical (unpaired) electrons. The van der Waals surface area contributed by atoms with Crippen LogP contribution < -0.4 is 0 Å². The Labute approximate surface area is 544 Å². The van der Waals surface area contributed by atoms with Crippen LogP contribution >= 0.6 is 7.82 Å². The monoisotopic (exact) mass is 1250 g/mol. The van der Waals surface area contributed by atoms with Crippen LogP contribution in [0.2, 0.25) is 0 Å². The minimum absolute atomic E-state index is 0.0289. The van der Waals surface area contributed by atoms with Gasteiger partial charge in [0.15, 0.2) is 6.10 Å². The standard InChI is InChI=1S/C78H138NO8P/c1-6-8-10-12-14-16-18-20-22-24-26-28-30-32-33-34-35-36-37-38-39-40-41-42-43-44-45-47-49-51-53-55-57-59-61-63-65-67-69-71-78(81)87-76(75-86-88(82,83)85-73-72-79(3,4)5)74-84-77(80)70-68-66-64-62-60-58-56-54-52-50-48-46-31-29-27-25-23-21-19-17-15-13-11-9-7-2/h8,10,14,16,19-22,25-28,31-33,35-36,46,76H,6-7,9,11-13,15,17-18,23-24,29-30,34,37-45,47-75H2,1-5H3/p+1/b10-8-,16-14-,21-19-,22-20-,27-25-,28-26-,33-32-,36-35-,46-31-. The van der Waals surface area contributed by atoms with E-state index in [0.717, 1.165) is 83.5 Å². The number of rotatable bonds is 67. The molecule has 88 heavy (non-hydrogen) atoms. The average molecular weight is 1250 g/mol. The lowest BCUT2D eigenvalue weighted by Gasteiger charge is -2.24. The largest absolute Gasteiger partial charge is 0.472 e. The molecular formula is C78H139NO8P+. The number of likely N-dealkylation sites (N-methyl/N-ethyl adjacent to an activating group) is 1. The summed E-state index contributed by atoms with van der Waals surface area (Å²) in [6.07, 6.45) is 96.3. The number of hydrogen-bond donors (Lipinski definition) is 1. The van der Waals surface area contributed by atoms with Crippen LogP contribution in [0.4, 0.5) is 0 Å². The maximum atomic E-state index is 12.9.